The predicted octanol–water partition coefficient (Wildman–Crippen LogP) is 1.28. The molecule has 2 aromatic rings. The Morgan fingerprint density at radius 3 is 1.59 bits per heavy atom. The lowest BCUT2D eigenvalue weighted by atomic mass is 10.2. The maximum absolute atomic E-state index is 7.36. The van der Waals surface area contributed by atoms with Gasteiger partial charge in [0.1, 0.15) is 29.8 Å². The van der Waals surface area contributed by atoms with Gasteiger partial charge in [-0.05, 0) is 61.5 Å². The van der Waals surface area contributed by atoms with Crippen LogP contribution in [0.2, 0.25) is 0 Å². The van der Waals surface area contributed by atoms with Gasteiger partial charge in [-0.25, -0.2) is 0 Å². The highest BCUT2D eigenvalue weighted by molar-refractivity contribution is 5.95. The molecule has 8 N–H and O–H groups in total. The van der Waals surface area contributed by atoms with Crippen LogP contribution in [0.1, 0.15) is 17.5 Å². The van der Waals surface area contributed by atoms with Crippen molar-refractivity contribution in [1.82, 2.24) is 10.6 Å². The highest BCUT2D eigenvalue weighted by atomic mass is 16.5. The third-order valence-electron chi connectivity index (χ3n) is 4.12. The van der Waals surface area contributed by atoms with Crippen LogP contribution in [-0.2, 0) is 0 Å². The minimum absolute atomic E-state index is 0.0561. The van der Waals surface area contributed by atoms with Crippen molar-refractivity contribution in [2.75, 3.05) is 39.4 Å². The molecule has 0 radical (unpaired) electrons. The molecule has 0 aliphatic carbocycles. The molecular weight excluding hydrogens is 368 g/mol. The van der Waals surface area contributed by atoms with E-state index in [1.165, 1.54) is 0 Å². The third-order valence-corrected chi connectivity index (χ3v) is 4.12. The topological polar surface area (TPSA) is 142 Å². The van der Waals surface area contributed by atoms with Crippen LogP contribution in [0.5, 0.6) is 11.5 Å². The molecule has 0 amide bonds. The molecule has 0 spiro atoms. The van der Waals surface area contributed by atoms with Gasteiger partial charge >= 0.3 is 0 Å². The molecule has 8 nitrogen and oxygen atoms in total. The Morgan fingerprint density at radius 1 is 0.655 bits per heavy atom. The first kappa shape index (κ1) is 22.2. The number of ether oxygens (including phenoxy) is 2. The fraction of sp³-hybridized carbons (Fsp3) is 0.333. The number of hydrogen-bond donors (Lipinski definition) is 6. The standard InChI is InChI=1S/C21H30N6O2/c22-20(23)16-2-6-18(7-3-16)28-14-1-10-26-11-12-27-13-15-29-19-8-4-17(5-9-19)21(24)25/h2-9,26-27H,1,10-15H2,(H3,22,23)(H3,24,25). The Morgan fingerprint density at radius 2 is 1.10 bits per heavy atom. The van der Waals surface area contributed by atoms with Gasteiger partial charge in [0.2, 0.25) is 0 Å². The Hall–Kier alpha value is -3.10. The van der Waals surface area contributed by atoms with Gasteiger partial charge in [-0.1, -0.05) is 0 Å². The van der Waals surface area contributed by atoms with E-state index in [0.29, 0.717) is 24.3 Å². The van der Waals surface area contributed by atoms with Crippen molar-refractivity contribution in [3.05, 3.63) is 59.7 Å². The highest BCUT2D eigenvalue weighted by Crippen LogP contribution is 2.12. The van der Waals surface area contributed by atoms with Gasteiger partial charge in [-0.3, -0.25) is 10.8 Å². The van der Waals surface area contributed by atoms with Crippen molar-refractivity contribution in [3.63, 3.8) is 0 Å². The predicted molar refractivity (Wildman–Crippen MR) is 116 cm³/mol. The van der Waals surface area contributed by atoms with Crippen molar-refractivity contribution in [1.29, 1.82) is 10.8 Å². The molecule has 0 saturated heterocycles. The summed E-state index contributed by atoms with van der Waals surface area (Å²) in [4.78, 5) is 0. The quantitative estimate of drug-likeness (QED) is 0.161. The van der Waals surface area contributed by atoms with Crippen LogP contribution in [-0.4, -0.2) is 51.1 Å². The number of rotatable bonds is 14. The zero-order valence-electron chi connectivity index (χ0n) is 16.5. The molecule has 156 valence electrons. The summed E-state index contributed by atoms with van der Waals surface area (Å²) >= 11 is 0. The Bertz CT molecular complexity index is 696. The first-order chi connectivity index (χ1) is 14.1. The Kier molecular flexibility index (Phi) is 9.47. The van der Waals surface area contributed by atoms with Gasteiger partial charge in [-0.2, -0.15) is 0 Å². The summed E-state index contributed by atoms with van der Waals surface area (Å²) in [7, 11) is 0. The van der Waals surface area contributed by atoms with Crippen LogP contribution < -0.4 is 31.6 Å². The van der Waals surface area contributed by atoms with Crippen LogP contribution in [0, 0.1) is 10.8 Å². The summed E-state index contributed by atoms with van der Waals surface area (Å²) in [6.07, 6.45) is 0.911. The molecule has 0 unspecified atom stereocenters. The molecule has 29 heavy (non-hydrogen) atoms. The van der Waals surface area contributed by atoms with Gasteiger partial charge < -0.3 is 31.6 Å². The number of amidine groups is 2. The normalized spacial score (nSPS) is 10.5. The number of nitrogens with one attached hydrogen (secondary N) is 4. The average Bonchev–Trinajstić information content (AvgIpc) is 2.72. The monoisotopic (exact) mass is 398 g/mol. The number of nitrogen functional groups attached to an aromatic ring is 2. The molecule has 0 fully saturated rings. The third kappa shape index (κ3) is 8.63. The minimum atomic E-state index is 0.0561. The van der Waals surface area contributed by atoms with Crippen LogP contribution >= 0.6 is 0 Å². The second-order valence-corrected chi connectivity index (χ2v) is 6.43. The summed E-state index contributed by atoms with van der Waals surface area (Å²) in [6, 6.07) is 14.4. The SMILES string of the molecule is N=C(N)c1ccc(OCCCNCCNCCOc2ccc(C(=N)N)cc2)cc1. The summed E-state index contributed by atoms with van der Waals surface area (Å²) < 4.78 is 11.3. The molecule has 0 bridgehead atoms. The first-order valence-electron chi connectivity index (χ1n) is 9.62. The fourth-order valence-electron chi connectivity index (χ4n) is 2.52. The molecule has 0 atom stereocenters. The molecule has 0 saturated carbocycles. The van der Waals surface area contributed by atoms with Crippen molar-refractivity contribution in [3.8, 4) is 11.5 Å². The van der Waals surface area contributed by atoms with E-state index in [9.17, 15) is 0 Å². The summed E-state index contributed by atoms with van der Waals surface area (Å²) in [5.41, 5.74) is 12.2. The smallest absolute Gasteiger partial charge is 0.122 e. The van der Waals surface area contributed by atoms with E-state index < -0.39 is 0 Å². The largest absolute Gasteiger partial charge is 0.494 e. The zero-order valence-corrected chi connectivity index (χ0v) is 16.5. The number of hydrogen-bond acceptors (Lipinski definition) is 6. The van der Waals surface area contributed by atoms with Crippen LogP contribution in [0.15, 0.2) is 48.5 Å². The van der Waals surface area contributed by atoms with E-state index in [-0.39, 0.29) is 11.7 Å². The molecular formula is C21H30N6O2. The van der Waals surface area contributed by atoms with Crippen LogP contribution in [0.4, 0.5) is 0 Å². The number of nitrogens with two attached hydrogens (primary N) is 2. The van der Waals surface area contributed by atoms with Crippen molar-refractivity contribution in [2.45, 2.75) is 6.42 Å². The van der Waals surface area contributed by atoms with E-state index >= 15 is 0 Å². The zero-order chi connectivity index (χ0) is 20.9. The second kappa shape index (κ2) is 12.4. The molecule has 2 rings (SSSR count). The maximum Gasteiger partial charge on any atom is 0.122 e. The van der Waals surface area contributed by atoms with Gasteiger partial charge in [0, 0.05) is 30.8 Å². The van der Waals surface area contributed by atoms with Gasteiger partial charge in [0.05, 0.1) is 6.61 Å². The molecule has 0 aliphatic heterocycles. The van der Waals surface area contributed by atoms with E-state index in [1.54, 1.807) is 24.3 Å². The molecule has 0 aliphatic rings. The van der Waals surface area contributed by atoms with Crippen LogP contribution in [0.3, 0.4) is 0 Å². The van der Waals surface area contributed by atoms with Gasteiger partial charge in [0.25, 0.3) is 0 Å². The lowest BCUT2D eigenvalue weighted by molar-refractivity contribution is 0.306. The Balaban J connectivity index is 1.42. The minimum Gasteiger partial charge on any atom is -0.494 e. The maximum atomic E-state index is 7.36. The average molecular weight is 399 g/mol. The fourth-order valence-corrected chi connectivity index (χ4v) is 2.52. The van der Waals surface area contributed by atoms with Crippen LogP contribution in [0.25, 0.3) is 0 Å². The van der Waals surface area contributed by atoms with E-state index in [2.05, 4.69) is 10.6 Å². The molecule has 2 aromatic carbocycles. The van der Waals surface area contributed by atoms with E-state index in [0.717, 1.165) is 44.1 Å². The lowest BCUT2D eigenvalue weighted by Gasteiger charge is -2.09. The molecule has 0 aromatic heterocycles. The number of benzene rings is 2. The van der Waals surface area contributed by atoms with Crippen molar-refractivity contribution < 1.29 is 9.47 Å². The summed E-state index contributed by atoms with van der Waals surface area (Å²) in [5, 5.41) is 21.4. The summed E-state index contributed by atoms with van der Waals surface area (Å²) in [6.45, 7) is 4.59. The lowest BCUT2D eigenvalue weighted by Crippen LogP contribution is -2.30. The Labute approximate surface area is 171 Å². The first-order valence-corrected chi connectivity index (χ1v) is 9.62. The second-order valence-electron chi connectivity index (χ2n) is 6.43. The highest BCUT2D eigenvalue weighted by Gasteiger charge is 1.99. The van der Waals surface area contributed by atoms with Gasteiger partial charge in [-0.15, -0.1) is 0 Å². The van der Waals surface area contributed by atoms with E-state index in [1.807, 2.05) is 24.3 Å². The van der Waals surface area contributed by atoms with Crippen molar-refractivity contribution in [2.24, 2.45) is 11.5 Å². The molecule has 8 heteroatoms. The van der Waals surface area contributed by atoms with Crippen molar-refractivity contribution >= 4 is 11.7 Å². The van der Waals surface area contributed by atoms with E-state index in [4.69, 9.17) is 31.8 Å². The van der Waals surface area contributed by atoms with Gasteiger partial charge in [0.15, 0.2) is 0 Å². The summed E-state index contributed by atoms with van der Waals surface area (Å²) in [5.74, 6) is 1.67. The molecule has 0 heterocycles.